The molecule has 0 aliphatic rings. The third-order valence-electron chi connectivity index (χ3n) is 3.35. The van der Waals surface area contributed by atoms with Crippen molar-refractivity contribution in [3.05, 3.63) is 46.0 Å². The number of nitrogens with two attached hydrogens (primary N) is 1. The average Bonchev–Trinajstić information content (AvgIpc) is 2.84. The normalized spacial score (nSPS) is 11.5. The standard InChI is InChI=1S/C15H15NO3/c1-2-3-9-7-13(17)19-15-11(9)6-10-4-5-18-14(10)12(15)8-16/h4-7H,2-3,8,16H2,1H3. The van der Waals surface area contributed by atoms with Crippen molar-refractivity contribution in [2.75, 3.05) is 0 Å². The predicted octanol–water partition coefficient (Wildman–Crippen LogP) is 2.95. The molecule has 19 heavy (non-hydrogen) atoms. The van der Waals surface area contributed by atoms with E-state index in [1.54, 1.807) is 12.3 Å². The average molecular weight is 257 g/mol. The first kappa shape index (κ1) is 12.0. The SMILES string of the molecule is CCCc1cc(=O)oc2c(CN)c3occc3cc12. The zero-order valence-corrected chi connectivity index (χ0v) is 10.7. The number of fused-ring (bicyclic) bond motifs is 2. The summed E-state index contributed by atoms with van der Waals surface area (Å²) in [6.45, 7) is 2.36. The van der Waals surface area contributed by atoms with E-state index in [1.165, 1.54) is 0 Å². The molecular weight excluding hydrogens is 242 g/mol. The third kappa shape index (κ3) is 1.85. The molecule has 2 N–H and O–H groups in total. The zero-order chi connectivity index (χ0) is 13.4. The van der Waals surface area contributed by atoms with Gasteiger partial charge < -0.3 is 14.6 Å². The highest BCUT2D eigenvalue weighted by Gasteiger charge is 2.14. The van der Waals surface area contributed by atoms with Crippen LogP contribution >= 0.6 is 0 Å². The van der Waals surface area contributed by atoms with Crippen LogP contribution in [0.15, 0.2) is 38.1 Å². The van der Waals surface area contributed by atoms with Gasteiger partial charge in [0.2, 0.25) is 0 Å². The molecule has 0 spiro atoms. The van der Waals surface area contributed by atoms with Gasteiger partial charge in [0.15, 0.2) is 0 Å². The lowest BCUT2D eigenvalue weighted by Crippen LogP contribution is -2.05. The van der Waals surface area contributed by atoms with Gasteiger partial charge in [-0.15, -0.1) is 0 Å². The van der Waals surface area contributed by atoms with Gasteiger partial charge in [0, 0.05) is 23.4 Å². The van der Waals surface area contributed by atoms with Crippen molar-refractivity contribution >= 4 is 21.9 Å². The molecule has 0 aliphatic heterocycles. The molecule has 0 radical (unpaired) electrons. The Morgan fingerprint density at radius 1 is 1.26 bits per heavy atom. The fourth-order valence-electron chi connectivity index (χ4n) is 2.53. The van der Waals surface area contributed by atoms with Gasteiger partial charge in [0.05, 0.1) is 11.8 Å². The number of furan rings is 1. The second-order valence-electron chi connectivity index (χ2n) is 4.62. The van der Waals surface area contributed by atoms with E-state index in [4.69, 9.17) is 14.6 Å². The molecule has 4 heteroatoms. The summed E-state index contributed by atoms with van der Waals surface area (Å²) in [7, 11) is 0. The minimum atomic E-state index is -0.337. The molecule has 0 aliphatic carbocycles. The van der Waals surface area contributed by atoms with Crippen LogP contribution in [-0.2, 0) is 13.0 Å². The van der Waals surface area contributed by atoms with E-state index in [1.807, 2.05) is 12.1 Å². The molecular formula is C15H15NO3. The topological polar surface area (TPSA) is 69.4 Å². The number of benzene rings is 1. The summed E-state index contributed by atoms with van der Waals surface area (Å²) in [5, 5.41) is 1.94. The molecule has 0 atom stereocenters. The molecule has 0 bridgehead atoms. The van der Waals surface area contributed by atoms with Gasteiger partial charge in [-0.25, -0.2) is 4.79 Å². The molecule has 98 valence electrons. The molecule has 0 unspecified atom stereocenters. The Labute approximate surface area is 109 Å². The van der Waals surface area contributed by atoms with E-state index in [9.17, 15) is 4.79 Å². The maximum Gasteiger partial charge on any atom is 0.336 e. The Balaban J connectivity index is 2.49. The predicted molar refractivity (Wildman–Crippen MR) is 74.1 cm³/mol. The maximum absolute atomic E-state index is 11.7. The van der Waals surface area contributed by atoms with E-state index in [-0.39, 0.29) is 12.2 Å². The first-order valence-electron chi connectivity index (χ1n) is 6.40. The van der Waals surface area contributed by atoms with Crippen molar-refractivity contribution in [3.8, 4) is 0 Å². The van der Waals surface area contributed by atoms with Crippen LogP contribution in [0.2, 0.25) is 0 Å². The van der Waals surface area contributed by atoms with Gasteiger partial charge in [0.1, 0.15) is 11.2 Å². The summed E-state index contributed by atoms with van der Waals surface area (Å²) in [6.07, 6.45) is 3.44. The van der Waals surface area contributed by atoms with Crippen molar-refractivity contribution in [1.29, 1.82) is 0 Å². The van der Waals surface area contributed by atoms with E-state index in [0.29, 0.717) is 11.2 Å². The van der Waals surface area contributed by atoms with Gasteiger partial charge in [-0.1, -0.05) is 13.3 Å². The minimum absolute atomic E-state index is 0.278. The van der Waals surface area contributed by atoms with Crippen LogP contribution in [0, 0.1) is 0 Å². The Morgan fingerprint density at radius 2 is 2.11 bits per heavy atom. The lowest BCUT2D eigenvalue weighted by molar-refractivity contribution is 0.551. The van der Waals surface area contributed by atoms with Crippen molar-refractivity contribution in [2.45, 2.75) is 26.3 Å². The number of hydrogen-bond donors (Lipinski definition) is 1. The molecule has 0 fully saturated rings. The van der Waals surface area contributed by atoms with Crippen molar-refractivity contribution in [1.82, 2.24) is 0 Å². The highest BCUT2D eigenvalue weighted by Crippen LogP contribution is 2.30. The molecule has 3 aromatic rings. The lowest BCUT2D eigenvalue weighted by Gasteiger charge is -2.08. The highest BCUT2D eigenvalue weighted by molar-refractivity contribution is 5.98. The minimum Gasteiger partial charge on any atom is -0.464 e. The summed E-state index contributed by atoms with van der Waals surface area (Å²) >= 11 is 0. The Bertz CT molecular complexity index is 798. The van der Waals surface area contributed by atoms with Gasteiger partial charge in [0.25, 0.3) is 0 Å². The van der Waals surface area contributed by atoms with E-state index >= 15 is 0 Å². The van der Waals surface area contributed by atoms with Crippen LogP contribution in [0.4, 0.5) is 0 Å². The lowest BCUT2D eigenvalue weighted by atomic mass is 10.0. The van der Waals surface area contributed by atoms with Crippen LogP contribution < -0.4 is 11.4 Å². The van der Waals surface area contributed by atoms with E-state index in [0.717, 1.165) is 34.7 Å². The van der Waals surface area contributed by atoms with E-state index < -0.39 is 0 Å². The van der Waals surface area contributed by atoms with Gasteiger partial charge in [-0.2, -0.15) is 0 Å². The Kier molecular flexibility index (Phi) is 2.87. The van der Waals surface area contributed by atoms with Crippen LogP contribution in [0.25, 0.3) is 21.9 Å². The quantitative estimate of drug-likeness (QED) is 0.732. The first-order chi connectivity index (χ1) is 9.24. The number of hydrogen-bond acceptors (Lipinski definition) is 4. The third-order valence-corrected chi connectivity index (χ3v) is 3.35. The summed E-state index contributed by atoms with van der Waals surface area (Å²) in [4.78, 5) is 11.7. The zero-order valence-electron chi connectivity index (χ0n) is 10.7. The molecule has 3 rings (SSSR count). The molecule has 2 aromatic heterocycles. The van der Waals surface area contributed by atoms with Crippen molar-refractivity contribution < 1.29 is 8.83 Å². The Morgan fingerprint density at radius 3 is 2.84 bits per heavy atom. The van der Waals surface area contributed by atoms with Gasteiger partial charge in [-0.05, 0) is 24.1 Å². The molecule has 1 aromatic carbocycles. The molecule has 0 amide bonds. The smallest absolute Gasteiger partial charge is 0.336 e. The molecule has 2 heterocycles. The summed E-state index contributed by atoms with van der Waals surface area (Å²) in [5.74, 6) is 0. The van der Waals surface area contributed by atoms with E-state index in [2.05, 4.69) is 6.92 Å². The van der Waals surface area contributed by atoms with Crippen molar-refractivity contribution in [3.63, 3.8) is 0 Å². The molecule has 0 saturated heterocycles. The monoisotopic (exact) mass is 257 g/mol. The van der Waals surface area contributed by atoms with Crippen LogP contribution in [0.1, 0.15) is 24.5 Å². The summed E-state index contributed by atoms with van der Waals surface area (Å²) in [5.41, 5.74) is 8.48. The second kappa shape index (κ2) is 4.55. The fraction of sp³-hybridized carbons (Fsp3) is 0.267. The van der Waals surface area contributed by atoms with Crippen molar-refractivity contribution in [2.24, 2.45) is 5.73 Å². The van der Waals surface area contributed by atoms with Gasteiger partial charge in [-0.3, -0.25) is 0 Å². The highest BCUT2D eigenvalue weighted by atomic mass is 16.4. The van der Waals surface area contributed by atoms with Gasteiger partial charge >= 0.3 is 5.63 Å². The maximum atomic E-state index is 11.7. The second-order valence-corrected chi connectivity index (χ2v) is 4.62. The number of aryl methyl sites for hydroxylation is 1. The molecule has 0 saturated carbocycles. The van der Waals surface area contributed by atoms with Crippen LogP contribution in [0.5, 0.6) is 0 Å². The van der Waals surface area contributed by atoms with Crippen LogP contribution in [-0.4, -0.2) is 0 Å². The fourth-order valence-corrected chi connectivity index (χ4v) is 2.53. The summed E-state index contributed by atoms with van der Waals surface area (Å²) < 4.78 is 10.8. The molecule has 4 nitrogen and oxygen atoms in total. The first-order valence-corrected chi connectivity index (χ1v) is 6.40. The summed E-state index contributed by atoms with van der Waals surface area (Å²) in [6, 6.07) is 5.47. The number of rotatable bonds is 3. The Hall–Kier alpha value is -2.07. The van der Waals surface area contributed by atoms with Crippen LogP contribution in [0.3, 0.4) is 0 Å². The largest absolute Gasteiger partial charge is 0.464 e.